The van der Waals surface area contributed by atoms with Crippen molar-refractivity contribution in [2.24, 2.45) is 5.92 Å². The number of fused-ring (bicyclic) bond motifs is 1. The highest BCUT2D eigenvalue weighted by Crippen LogP contribution is 2.37. The number of rotatable bonds is 3. The van der Waals surface area contributed by atoms with Gasteiger partial charge in [-0.1, -0.05) is 32.0 Å². The zero-order chi connectivity index (χ0) is 14.9. The third-order valence-electron chi connectivity index (χ3n) is 3.97. The van der Waals surface area contributed by atoms with Crippen LogP contribution in [0, 0.1) is 5.92 Å². The second-order valence-electron chi connectivity index (χ2n) is 5.41. The molecule has 0 aliphatic carbocycles. The van der Waals surface area contributed by atoms with Crippen molar-refractivity contribution >= 4 is 11.9 Å². The number of ether oxygens (including phenoxy) is 1. The molecule has 0 unspecified atom stereocenters. The minimum absolute atomic E-state index is 0.00181. The van der Waals surface area contributed by atoms with Crippen LogP contribution in [0.1, 0.15) is 42.6 Å². The molecular formula is C16H21NO3. The van der Waals surface area contributed by atoms with Crippen LogP contribution in [-0.4, -0.2) is 36.5 Å². The van der Waals surface area contributed by atoms with Crippen LogP contribution in [0.5, 0.6) is 0 Å². The van der Waals surface area contributed by atoms with Gasteiger partial charge >= 0.3 is 5.97 Å². The number of hydrogen-bond acceptors (Lipinski definition) is 3. The molecule has 4 heteroatoms. The Morgan fingerprint density at radius 2 is 2.00 bits per heavy atom. The fourth-order valence-corrected chi connectivity index (χ4v) is 3.11. The number of hydrogen-bond donors (Lipinski definition) is 0. The van der Waals surface area contributed by atoms with E-state index in [2.05, 4.69) is 0 Å². The van der Waals surface area contributed by atoms with Gasteiger partial charge < -0.3 is 9.64 Å². The van der Waals surface area contributed by atoms with Crippen molar-refractivity contribution in [3.63, 3.8) is 0 Å². The maximum absolute atomic E-state index is 12.6. The summed E-state index contributed by atoms with van der Waals surface area (Å²) in [7, 11) is 1.40. The van der Waals surface area contributed by atoms with Gasteiger partial charge in [-0.2, -0.15) is 0 Å². The van der Waals surface area contributed by atoms with Gasteiger partial charge in [-0.05, 0) is 24.5 Å². The molecule has 1 aromatic rings. The van der Waals surface area contributed by atoms with E-state index >= 15 is 0 Å². The van der Waals surface area contributed by atoms with Gasteiger partial charge in [0.15, 0.2) is 0 Å². The van der Waals surface area contributed by atoms with E-state index < -0.39 is 5.92 Å². The van der Waals surface area contributed by atoms with Gasteiger partial charge in [-0.15, -0.1) is 0 Å². The van der Waals surface area contributed by atoms with Crippen molar-refractivity contribution in [1.29, 1.82) is 0 Å². The minimum Gasteiger partial charge on any atom is -0.468 e. The van der Waals surface area contributed by atoms with Crippen molar-refractivity contribution in [2.75, 3.05) is 13.7 Å². The number of carbonyl (C=O) groups is 2. The number of nitrogens with zero attached hydrogens (tertiary/aromatic N) is 1. The average Bonchev–Trinajstić information content (AvgIpc) is 2.46. The van der Waals surface area contributed by atoms with Gasteiger partial charge in [0.2, 0.25) is 0 Å². The molecule has 0 saturated heterocycles. The lowest BCUT2D eigenvalue weighted by atomic mass is 9.78. The number of amides is 1. The summed E-state index contributed by atoms with van der Waals surface area (Å²) < 4.78 is 4.98. The molecule has 0 spiro atoms. The van der Waals surface area contributed by atoms with Crippen molar-refractivity contribution in [3.05, 3.63) is 35.4 Å². The third-order valence-corrected chi connectivity index (χ3v) is 3.97. The van der Waals surface area contributed by atoms with E-state index in [9.17, 15) is 9.59 Å². The molecule has 0 saturated carbocycles. The summed E-state index contributed by atoms with van der Waals surface area (Å²) in [6.07, 6.45) is 0. The molecule has 0 fully saturated rings. The fourth-order valence-electron chi connectivity index (χ4n) is 3.11. The van der Waals surface area contributed by atoms with Crippen LogP contribution in [0.3, 0.4) is 0 Å². The van der Waals surface area contributed by atoms with Crippen LogP contribution in [0.4, 0.5) is 0 Å². The topological polar surface area (TPSA) is 46.6 Å². The van der Waals surface area contributed by atoms with E-state index in [-0.39, 0.29) is 23.8 Å². The van der Waals surface area contributed by atoms with Crippen molar-refractivity contribution < 1.29 is 14.3 Å². The molecule has 0 radical (unpaired) electrons. The maximum Gasteiger partial charge on any atom is 0.315 e. The molecule has 0 aromatic heterocycles. The van der Waals surface area contributed by atoms with Crippen LogP contribution in [0.25, 0.3) is 0 Å². The lowest BCUT2D eigenvalue weighted by Gasteiger charge is -2.42. The zero-order valence-corrected chi connectivity index (χ0v) is 12.4. The van der Waals surface area contributed by atoms with E-state index in [1.165, 1.54) is 7.11 Å². The van der Waals surface area contributed by atoms with E-state index in [1.807, 2.05) is 39.0 Å². The van der Waals surface area contributed by atoms with Gasteiger partial charge in [0, 0.05) is 12.1 Å². The van der Waals surface area contributed by atoms with Gasteiger partial charge in [-0.3, -0.25) is 9.59 Å². The first-order valence-electron chi connectivity index (χ1n) is 7.00. The van der Waals surface area contributed by atoms with Crippen molar-refractivity contribution in [3.8, 4) is 0 Å². The average molecular weight is 275 g/mol. The molecule has 1 amide bonds. The molecule has 1 aliphatic heterocycles. The Balaban J connectivity index is 2.62. The molecule has 0 bridgehead atoms. The summed E-state index contributed by atoms with van der Waals surface area (Å²) >= 11 is 0. The first-order valence-corrected chi connectivity index (χ1v) is 7.00. The van der Waals surface area contributed by atoms with Gasteiger partial charge in [0.25, 0.3) is 5.91 Å². The number of esters is 1. The summed E-state index contributed by atoms with van der Waals surface area (Å²) in [5, 5.41) is 0. The zero-order valence-electron chi connectivity index (χ0n) is 12.4. The van der Waals surface area contributed by atoms with Crippen LogP contribution in [0.15, 0.2) is 24.3 Å². The Hall–Kier alpha value is -1.84. The Bertz CT molecular complexity index is 524. The molecule has 4 nitrogen and oxygen atoms in total. The van der Waals surface area contributed by atoms with Gasteiger partial charge in [0.05, 0.1) is 13.2 Å². The molecule has 1 heterocycles. The predicted molar refractivity (Wildman–Crippen MR) is 76.5 cm³/mol. The first kappa shape index (κ1) is 14.6. The number of likely N-dealkylation sites (N-methyl/N-ethyl adjacent to an activating group) is 1. The summed E-state index contributed by atoms with van der Waals surface area (Å²) in [5.74, 6) is -0.505. The highest BCUT2D eigenvalue weighted by atomic mass is 16.5. The summed E-state index contributed by atoms with van der Waals surface area (Å²) in [6.45, 7) is 6.59. The Morgan fingerprint density at radius 3 is 2.55 bits per heavy atom. The van der Waals surface area contributed by atoms with Crippen LogP contribution < -0.4 is 0 Å². The molecule has 1 aliphatic rings. The second-order valence-corrected chi connectivity index (χ2v) is 5.41. The summed E-state index contributed by atoms with van der Waals surface area (Å²) in [4.78, 5) is 26.6. The van der Waals surface area contributed by atoms with E-state index in [0.717, 1.165) is 5.56 Å². The second kappa shape index (κ2) is 5.65. The van der Waals surface area contributed by atoms with Crippen molar-refractivity contribution in [2.45, 2.75) is 32.7 Å². The fraction of sp³-hybridized carbons (Fsp3) is 0.500. The lowest BCUT2D eigenvalue weighted by molar-refractivity contribution is -0.144. The maximum atomic E-state index is 12.6. The van der Waals surface area contributed by atoms with E-state index in [1.54, 1.807) is 11.0 Å². The van der Waals surface area contributed by atoms with E-state index in [0.29, 0.717) is 12.1 Å². The number of carbonyl (C=O) groups excluding carboxylic acids is 2. The summed E-state index contributed by atoms with van der Waals surface area (Å²) in [6, 6.07) is 7.18. The monoisotopic (exact) mass is 275 g/mol. The van der Waals surface area contributed by atoms with Crippen molar-refractivity contribution in [1.82, 2.24) is 4.90 Å². The molecule has 0 N–H and O–H groups in total. The third kappa shape index (κ3) is 2.19. The number of benzene rings is 1. The standard InChI is InChI=1S/C16H21NO3/c1-5-17-14(10(2)3)13(16(19)20-4)11-8-6-7-9-12(11)15(17)18/h6-10,13-14H,5H2,1-4H3/t13-,14+/m1/s1. The molecule has 2 atom stereocenters. The van der Waals surface area contributed by atoms with Gasteiger partial charge in [-0.25, -0.2) is 0 Å². The Labute approximate surface area is 119 Å². The van der Waals surface area contributed by atoms with Crippen LogP contribution in [0.2, 0.25) is 0 Å². The molecular weight excluding hydrogens is 254 g/mol. The SMILES string of the molecule is CCN1C(=O)c2ccccc2[C@@H](C(=O)OC)[C@@H]1C(C)C. The van der Waals surface area contributed by atoms with Gasteiger partial charge in [0.1, 0.15) is 5.92 Å². The lowest BCUT2D eigenvalue weighted by Crippen LogP contribution is -2.52. The molecule has 2 rings (SSSR count). The first-order chi connectivity index (χ1) is 9.52. The predicted octanol–water partition coefficient (Wildman–Crippen LogP) is 2.44. The minimum atomic E-state index is -0.408. The highest BCUT2D eigenvalue weighted by molar-refractivity contribution is 6.00. The van der Waals surface area contributed by atoms with Crippen LogP contribution in [-0.2, 0) is 9.53 Å². The highest BCUT2D eigenvalue weighted by Gasteiger charge is 2.44. The Kier molecular flexibility index (Phi) is 4.12. The quantitative estimate of drug-likeness (QED) is 0.796. The smallest absolute Gasteiger partial charge is 0.315 e. The van der Waals surface area contributed by atoms with E-state index in [4.69, 9.17) is 4.74 Å². The normalized spacial score (nSPS) is 21.9. The largest absolute Gasteiger partial charge is 0.468 e. The molecule has 20 heavy (non-hydrogen) atoms. The number of methoxy groups -OCH3 is 1. The molecule has 1 aromatic carbocycles. The summed E-state index contributed by atoms with van der Waals surface area (Å²) in [5.41, 5.74) is 1.40. The molecule has 108 valence electrons. The van der Waals surface area contributed by atoms with Crippen LogP contribution >= 0.6 is 0 Å². The Morgan fingerprint density at radius 1 is 1.35 bits per heavy atom.